The van der Waals surface area contributed by atoms with Gasteiger partial charge in [-0.3, -0.25) is 0 Å². The van der Waals surface area contributed by atoms with E-state index in [1.165, 1.54) is 6.39 Å². The third-order valence-corrected chi connectivity index (χ3v) is 1.24. The van der Waals surface area contributed by atoms with Gasteiger partial charge in [-0.25, -0.2) is 4.98 Å². The molecule has 0 amide bonds. The van der Waals surface area contributed by atoms with Crippen LogP contribution in [0.15, 0.2) is 35.1 Å². The fourth-order valence-electron chi connectivity index (χ4n) is 0.803. The molecule has 2 nitrogen and oxygen atoms in total. The van der Waals surface area contributed by atoms with E-state index in [1.54, 1.807) is 0 Å². The predicted octanol–water partition coefficient (Wildman–Crippen LogP) is 3.23. The van der Waals surface area contributed by atoms with Crippen molar-refractivity contribution in [3.8, 4) is 0 Å². The normalized spacial score (nSPS) is 9.17. The zero-order valence-corrected chi connectivity index (χ0v) is 8.41. The highest BCUT2D eigenvalue weighted by atomic mass is 79.9. The zero-order chi connectivity index (χ0) is 8.81. The average molecular weight is 228 g/mol. The Morgan fingerprint density at radius 3 is 2.75 bits per heavy atom. The molecule has 0 aliphatic carbocycles. The van der Waals surface area contributed by atoms with Crippen LogP contribution in [0.3, 0.4) is 0 Å². The number of hydrogen-bond donors (Lipinski definition) is 0. The lowest BCUT2D eigenvalue weighted by Gasteiger charge is -1.79. The van der Waals surface area contributed by atoms with Gasteiger partial charge in [-0.1, -0.05) is 35.0 Å². The summed E-state index contributed by atoms with van der Waals surface area (Å²) in [5.74, 6) is 0. The highest BCUT2D eigenvalue weighted by molar-refractivity contribution is 9.09. The molecule has 0 N–H and O–H groups in total. The monoisotopic (exact) mass is 227 g/mol. The van der Waals surface area contributed by atoms with Gasteiger partial charge in [-0.05, 0) is 12.1 Å². The van der Waals surface area contributed by atoms with E-state index >= 15 is 0 Å². The Morgan fingerprint density at radius 1 is 1.42 bits per heavy atom. The first kappa shape index (κ1) is 9.26. The standard InChI is InChI=1S/C7H5NO.C2H5Br/c1-2-4-7-6(3-1)8-5-9-7;1-2-3/h1-5H;2H2,1H3. The van der Waals surface area contributed by atoms with Crippen molar-refractivity contribution in [2.45, 2.75) is 6.92 Å². The van der Waals surface area contributed by atoms with Gasteiger partial charge in [0.1, 0.15) is 5.52 Å². The second-order valence-corrected chi connectivity index (χ2v) is 3.21. The van der Waals surface area contributed by atoms with E-state index in [-0.39, 0.29) is 0 Å². The van der Waals surface area contributed by atoms with Crippen LogP contribution in [0.5, 0.6) is 0 Å². The highest BCUT2D eigenvalue weighted by Crippen LogP contribution is 2.09. The van der Waals surface area contributed by atoms with Gasteiger partial charge in [0.25, 0.3) is 0 Å². The maximum absolute atomic E-state index is 5.01. The SMILES string of the molecule is CCBr.c1ccc2ocnc2c1. The molecule has 12 heavy (non-hydrogen) atoms. The van der Waals surface area contributed by atoms with Crippen molar-refractivity contribution in [3.05, 3.63) is 30.7 Å². The Bertz CT molecular complexity index is 302. The molecule has 0 aliphatic heterocycles. The summed E-state index contributed by atoms with van der Waals surface area (Å²) in [6.07, 6.45) is 1.45. The van der Waals surface area contributed by atoms with Gasteiger partial charge < -0.3 is 4.42 Å². The topological polar surface area (TPSA) is 26.0 Å². The first-order chi connectivity index (χ1) is 5.88. The molecule has 0 aliphatic rings. The summed E-state index contributed by atoms with van der Waals surface area (Å²) in [6, 6.07) is 7.67. The van der Waals surface area contributed by atoms with Crippen LogP contribution in [0.4, 0.5) is 0 Å². The summed E-state index contributed by atoms with van der Waals surface area (Å²) in [6.45, 7) is 2.04. The molecule has 1 heterocycles. The van der Waals surface area contributed by atoms with Crippen LogP contribution in [0, 0.1) is 0 Å². The smallest absolute Gasteiger partial charge is 0.181 e. The molecule has 2 rings (SSSR count). The molecule has 1 aromatic carbocycles. The van der Waals surface area contributed by atoms with Gasteiger partial charge in [0, 0.05) is 5.33 Å². The fourth-order valence-corrected chi connectivity index (χ4v) is 0.803. The maximum atomic E-state index is 5.01. The van der Waals surface area contributed by atoms with E-state index in [9.17, 15) is 0 Å². The molecule has 0 unspecified atom stereocenters. The quantitative estimate of drug-likeness (QED) is 0.647. The van der Waals surface area contributed by atoms with Crippen molar-refractivity contribution < 1.29 is 4.42 Å². The molecule has 3 heteroatoms. The minimum Gasteiger partial charge on any atom is -0.443 e. The number of para-hydroxylation sites is 2. The van der Waals surface area contributed by atoms with Crippen molar-refractivity contribution in [3.63, 3.8) is 0 Å². The van der Waals surface area contributed by atoms with Gasteiger partial charge in [0.15, 0.2) is 12.0 Å². The van der Waals surface area contributed by atoms with Crippen LogP contribution >= 0.6 is 15.9 Å². The van der Waals surface area contributed by atoms with E-state index in [2.05, 4.69) is 20.9 Å². The Kier molecular flexibility index (Phi) is 3.80. The Labute approximate surface area is 79.7 Å². The summed E-state index contributed by atoms with van der Waals surface area (Å²) >= 11 is 3.15. The van der Waals surface area contributed by atoms with Gasteiger partial charge >= 0.3 is 0 Å². The number of benzene rings is 1. The molecule has 1 aromatic heterocycles. The summed E-state index contributed by atoms with van der Waals surface area (Å²) in [4.78, 5) is 3.95. The number of hydrogen-bond acceptors (Lipinski definition) is 2. The van der Waals surface area contributed by atoms with E-state index in [0.29, 0.717) is 0 Å². The molecule has 0 saturated carbocycles. The lowest BCUT2D eigenvalue weighted by molar-refractivity contribution is 0.602. The van der Waals surface area contributed by atoms with E-state index in [1.807, 2.05) is 31.2 Å². The van der Waals surface area contributed by atoms with Crippen molar-refractivity contribution in [2.24, 2.45) is 0 Å². The largest absolute Gasteiger partial charge is 0.443 e. The molecule has 0 saturated heterocycles. The third-order valence-electron chi connectivity index (χ3n) is 1.24. The number of oxazole rings is 1. The second-order valence-electron chi connectivity index (χ2n) is 2.09. The number of alkyl halides is 1. The number of nitrogens with zero attached hydrogens (tertiary/aromatic N) is 1. The summed E-state index contributed by atoms with van der Waals surface area (Å²) in [7, 11) is 0. The molecular weight excluding hydrogens is 218 g/mol. The van der Waals surface area contributed by atoms with E-state index in [0.717, 1.165) is 16.4 Å². The molecule has 0 spiro atoms. The molecule has 2 aromatic rings. The second kappa shape index (κ2) is 4.93. The minimum absolute atomic E-state index is 0.845. The lowest BCUT2D eigenvalue weighted by Crippen LogP contribution is -1.61. The van der Waals surface area contributed by atoms with Crippen LogP contribution < -0.4 is 0 Å². The number of halogens is 1. The molecule has 64 valence electrons. The Hall–Kier alpha value is -0.830. The predicted molar refractivity (Wildman–Crippen MR) is 53.5 cm³/mol. The zero-order valence-electron chi connectivity index (χ0n) is 6.83. The van der Waals surface area contributed by atoms with Gasteiger partial charge in [-0.15, -0.1) is 0 Å². The maximum Gasteiger partial charge on any atom is 0.181 e. The number of aromatic nitrogens is 1. The van der Waals surface area contributed by atoms with Gasteiger partial charge in [-0.2, -0.15) is 0 Å². The minimum atomic E-state index is 0.845. The molecule has 0 fully saturated rings. The summed E-state index contributed by atoms with van der Waals surface area (Å²) in [5, 5.41) is 1.06. The van der Waals surface area contributed by atoms with Crippen molar-refractivity contribution in [2.75, 3.05) is 5.33 Å². The first-order valence-electron chi connectivity index (χ1n) is 3.72. The number of fused-ring (bicyclic) bond motifs is 1. The van der Waals surface area contributed by atoms with Crippen molar-refractivity contribution in [1.29, 1.82) is 0 Å². The van der Waals surface area contributed by atoms with Crippen LogP contribution in [0.2, 0.25) is 0 Å². The molecular formula is C9H10BrNO. The van der Waals surface area contributed by atoms with Gasteiger partial charge in [0.2, 0.25) is 0 Å². The van der Waals surface area contributed by atoms with Crippen LogP contribution in [0.1, 0.15) is 6.92 Å². The Morgan fingerprint density at radius 2 is 2.08 bits per heavy atom. The van der Waals surface area contributed by atoms with Crippen LogP contribution in [-0.2, 0) is 0 Å². The number of rotatable bonds is 0. The van der Waals surface area contributed by atoms with Crippen molar-refractivity contribution in [1.82, 2.24) is 4.98 Å². The first-order valence-corrected chi connectivity index (χ1v) is 4.84. The molecule has 0 bridgehead atoms. The fraction of sp³-hybridized carbons (Fsp3) is 0.222. The summed E-state index contributed by atoms with van der Waals surface area (Å²) in [5.41, 5.74) is 1.76. The lowest BCUT2D eigenvalue weighted by atomic mass is 10.3. The average Bonchev–Trinajstić information content (AvgIpc) is 2.52. The van der Waals surface area contributed by atoms with Crippen LogP contribution in [0.25, 0.3) is 11.1 Å². The van der Waals surface area contributed by atoms with E-state index in [4.69, 9.17) is 4.42 Å². The van der Waals surface area contributed by atoms with E-state index < -0.39 is 0 Å². The van der Waals surface area contributed by atoms with Gasteiger partial charge in [0.05, 0.1) is 0 Å². The molecule has 0 radical (unpaired) electrons. The third kappa shape index (κ3) is 2.34. The Balaban J connectivity index is 0.000000213. The summed E-state index contributed by atoms with van der Waals surface area (Å²) < 4.78 is 5.01. The van der Waals surface area contributed by atoms with Crippen LogP contribution in [-0.4, -0.2) is 10.3 Å². The highest BCUT2D eigenvalue weighted by Gasteiger charge is 1.91. The van der Waals surface area contributed by atoms with Crippen molar-refractivity contribution >= 4 is 27.0 Å². The molecule has 0 atom stereocenters.